The van der Waals surface area contributed by atoms with E-state index in [4.69, 9.17) is 9.47 Å². The first-order valence-electron chi connectivity index (χ1n) is 6.08. The van der Waals surface area contributed by atoms with Crippen LogP contribution in [0, 0.1) is 6.92 Å². The number of hydrogen-bond acceptors (Lipinski definition) is 5. The lowest BCUT2D eigenvalue weighted by molar-refractivity contribution is 0.297. The third kappa shape index (κ3) is 3.68. The molecule has 19 heavy (non-hydrogen) atoms. The molecule has 2 rings (SSSR count). The average molecular weight is 278 g/mol. The van der Waals surface area contributed by atoms with E-state index >= 15 is 0 Å². The van der Waals surface area contributed by atoms with Gasteiger partial charge in [0, 0.05) is 17.5 Å². The highest BCUT2D eigenvalue weighted by molar-refractivity contribution is 7.09. The van der Waals surface area contributed by atoms with Crippen molar-refractivity contribution in [1.29, 1.82) is 0 Å². The summed E-state index contributed by atoms with van der Waals surface area (Å²) >= 11 is 1.64. The SMILES string of the molecule is CNCc1cc(OC)ccc1OCc1csc(C)n1. The summed E-state index contributed by atoms with van der Waals surface area (Å²) in [5.74, 6) is 1.70. The molecule has 0 aliphatic heterocycles. The molecule has 0 fully saturated rings. The van der Waals surface area contributed by atoms with E-state index in [1.165, 1.54) is 0 Å². The zero-order chi connectivity index (χ0) is 13.7. The summed E-state index contributed by atoms with van der Waals surface area (Å²) < 4.78 is 11.1. The first kappa shape index (κ1) is 13.8. The molecule has 0 atom stereocenters. The molecule has 0 amide bonds. The molecule has 0 radical (unpaired) electrons. The van der Waals surface area contributed by atoms with Crippen molar-refractivity contribution in [3.63, 3.8) is 0 Å². The minimum Gasteiger partial charge on any atom is -0.497 e. The van der Waals surface area contributed by atoms with E-state index in [0.29, 0.717) is 6.61 Å². The number of rotatable bonds is 6. The highest BCUT2D eigenvalue weighted by Gasteiger charge is 2.06. The summed E-state index contributed by atoms with van der Waals surface area (Å²) in [5.41, 5.74) is 2.04. The number of ether oxygens (including phenoxy) is 2. The molecule has 0 bridgehead atoms. The van der Waals surface area contributed by atoms with Crippen molar-refractivity contribution in [2.75, 3.05) is 14.2 Å². The van der Waals surface area contributed by atoms with Crippen molar-refractivity contribution >= 4 is 11.3 Å². The zero-order valence-corrected chi connectivity index (χ0v) is 12.2. The van der Waals surface area contributed by atoms with Gasteiger partial charge in [-0.1, -0.05) is 0 Å². The highest BCUT2D eigenvalue weighted by Crippen LogP contribution is 2.25. The number of nitrogens with zero attached hydrogens (tertiary/aromatic N) is 1. The van der Waals surface area contributed by atoms with E-state index in [0.717, 1.165) is 34.3 Å². The van der Waals surface area contributed by atoms with E-state index in [2.05, 4.69) is 10.3 Å². The Labute approximate surface area is 117 Å². The van der Waals surface area contributed by atoms with Gasteiger partial charge in [0.1, 0.15) is 18.1 Å². The summed E-state index contributed by atoms with van der Waals surface area (Å²) in [4.78, 5) is 4.39. The third-order valence-electron chi connectivity index (χ3n) is 2.68. The Morgan fingerprint density at radius 3 is 2.84 bits per heavy atom. The monoisotopic (exact) mass is 278 g/mol. The van der Waals surface area contributed by atoms with Crippen molar-refractivity contribution in [2.24, 2.45) is 0 Å². The van der Waals surface area contributed by atoms with Crippen LogP contribution >= 0.6 is 11.3 Å². The maximum Gasteiger partial charge on any atom is 0.131 e. The van der Waals surface area contributed by atoms with E-state index in [1.54, 1.807) is 18.4 Å². The van der Waals surface area contributed by atoms with Crippen LogP contribution in [-0.4, -0.2) is 19.1 Å². The number of aryl methyl sites for hydroxylation is 1. The number of nitrogens with one attached hydrogen (secondary N) is 1. The van der Waals surface area contributed by atoms with Crippen LogP contribution in [0.25, 0.3) is 0 Å². The predicted molar refractivity (Wildman–Crippen MR) is 76.9 cm³/mol. The van der Waals surface area contributed by atoms with Gasteiger partial charge in [-0.25, -0.2) is 4.98 Å². The van der Waals surface area contributed by atoms with Crippen molar-refractivity contribution < 1.29 is 9.47 Å². The molecular formula is C14H18N2O2S. The minimum atomic E-state index is 0.493. The molecule has 1 heterocycles. The molecule has 0 saturated heterocycles. The molecule has 1 aromatic heterocycles. The minimum absolute atomic E-state index is 0.493. The summed E-state index contributed by atoms with van der Waals surface area (Å²) in [6.07, 6.45) is 0. The fourth-order valence-corrected chi connectivity index (χ4v) is 2.38. The maximum absolute atomic E-state index is 5.84. The topological polar surface area (TPSA) is 43.4 Å². The molecule has 4 nitrogen and oxygen atoms in total. The molecule has 102 valence electrons. The molecule has 0 spiro atoms. The van der Waals surface area contributed by atoms with Crippen molar-refractivity contribution in [3.05, 3.63) is 39.8 Å². The summed E-state index contributed by atoms with van der Waals surface area (Å²) in [6, 6.07) is 5.82. The highest BCUT2D eigenvalue weighted by atomic mass is 32.1. The van der Waals surface area contributed by atoms with Crippen LogP contribution in [0.5, 0.6) is 11.5 Å². The fourth-order valence-electron chi connectivity index (χ4n) is 1.78. The van der Waals surface area contributed by atoms with Gasteiger partial charge in [0.15, 0.2) is 0 Å². The normalized spacial score (nSPS) is 10.5. The molecule has 0 unspecified atom stereocenters. The fraction of sp³-hybridized carbons (Fsp3) is 0.357. The lowest BCUT2D eigenvalue weighted by atomic mass is 10.2. The van der Waals surface area contributed by atoms with Gasteiger partial charge in [0.25, 0.3) is 0 Å². The number of benzene rings is 1. The lowest BCUT2D eigenvalue weighted by Crippen LogP contribution is -2.08. The molecule has 0 saturated carbocycles. The van der Waals surface area contributed by atoms with Crippen molar-refractivity contribution in [3.8, 4) is 11.5 Å². The van der Waals surface area contributed by atoms with E-state index in [-0.39, 0.29) is 0 Å². The van der Waals surface area contributed by atoms with Crippen molar-refractivity contribution in [2.45, 2.75) is 20.1 Å². The molecule has 0 aliphatic carbocycles. The van der Waals surface area contributed by atoms with Crippen LogP contribution in [0.1, 0.15) is 16.3 Å². The van der Waals surface area contributed by atoms with Crippen LogP contribution in [0.4, 0.5) is 0 Å². The number of methoxy groups -OCH3 is 1. The largest absolute Gasteiger partial charge is 0.497 e. The van der Waals surface area contributed by atoms with Crippen LogP contribution in [0.15, 0.2) is 23.6 Å². The van der Waals surface area contributed by atoms with E-state index in [9.17, 15) is 0 Å². The Hall–Kier alpha value is -1.59. The van der Waals surface area contributed by atoms with Crippen molar-refractivity contribution in [1.82, 2.24) is 10.3 Å². The van der Waals surface area contributed by atoms with Crippen LogP contribution in [0.2, 0.25) is 0 Å². The van der Waals surface area contributed by atoms with Crippen LogP contribution in [0.3, 0.4) is 0 Å². The van der Waals surface area contributed by atoms with Crippen LogP contribution in [-0.2, 0) is 13.2 Å². The average Bonchev–Trinajstić information content (AvgIpc) is 2.83. The molecule has 0 aliphatic rings. The number of aromatic nitrogens is 1. The Morgan fingerprint density at radius 2 is 2.21 bits per heavy atom. The van der Waals surface area contributed by atoms with Gasteiger partial charge >= 0.3 is 0 Å². The van der Waals surface area contributed by atoms with E-state index in [1.807, 2.05) is 37.6 Å². The molecule has 1 aromatic carbocycles. The summed E-state index contributed by atoms with van der Waals surface area (Å²) in [7, 11) is 3.57. The third-order valence-corrected chi connectivity index (χ3v) is 3.50. The standard InChI is InChI=1S/C14H18N2O2S/c1-10-16-12(9-19-10)8-18-14-5-4-13(17-3)6-11(14)7-15-2/h4-6,9,15H,7-8H2,1-3H3. The second kappa shape index (κ2) is 6.54. The second-order valence-corrected chi connectivity index (χ2v) is 5.21. The van der Waals surface area contributed by atoms with Crippen LogP contribution < -0.4 is 14.8 Å². The zero-order valence-electron chi connectivity index (χ0n) is 11.4. The molecular weight excluding hydrogens is 260 g/mol. The van der Waals surface area contributed by atoms with Gasteiger partial charge in [0.05, 0.1) is 17.8 Å². The lowest BCUT2D eigenvalue weighted by Gasteiger charge is -2.12. The Bertz CT molecular complexity index is 540. The maximum atomic E-state index is 5.84. The molecule has 2 aromatic rings. The Balaban J connectivity index is 2.10. The first-order valence-corrected chi connectivity index (χ1v) is 6.96. The second-order valence-electron chi connectivity index (χ2n) is 4.15. The Morgan fingerprint density at radius 1 is 1.37 bits per heavy atom. The quantitative estimate of drug-likeness (QED) is 0.882. The molecule has 5 heteroatoms. The molecule has 1 N–H and O–H groups in total. The van der Waals surface area contributed by atoms with Gasteiger partial charge in [-0.3, -0.25) is 0 Å². The van der Waals surface area contributed by atoms with Gasteiger partial charge in [-0.05, 0) is 32.2 Å². The number of thiazole rings is 1. The van der Waals surface area contributed by atoms with E-state index < -0.39 is 0 Å². The number of hydrogen-bond donors (Lipinski definition) is 1. The smallest absolute Gasteiger partial charge is 0.131 e. The van der Waals surface area contributed by atoms with Gasteiger partial charge in [-0.2, -0.15) is 0 Å². The summed E-state index contributed by atoms with van der Waals surface area (Å²) in [5, 5.41) is 6.21. The summed E-state index contributed by atoms with van der Waals surface area (Å²) in [6.45, 7) is 3.23. The van der Waals surface area contributed by atoms with Gasteiger partial charge in [0.2, 0.25) is 0 Å². The van der Waals surface area contributed by atoms with Gasteiger partial charge in [-0.15, -0.1) is 11.3 Å². The first-order chi connectivity index (χ1) is 9.22. The Kier molecular flexibility index (Phi) is 4.76. The van der Waals surface area contributed by atoms with Gasteiger partial charge < -0.3 is 14.8 Å². The predicted octanol–water partition coefficient (Wildman–Crippen LogP) is 2.76.